The van der Waals surface area contributed by atoms with Gasteiger partial charge in [0.1, 0.15) is 11.3 Å². The van der Waals surface area contributed by atoms with Gasteiger partial charge in [-0.1, -0.05) is 19.9 Å². The van der Waals surface area contributed by atoms with Crippen LogP contribution in [0, 0.1) is 0 Å². The third kappa shape index (κ3) is 5.28. The number of ether oxygens (including phenoxy) is 2. The smallest absolute Gasteiger partial charge is 0.332 e. The minimum atomic E-state index is -0.369. The Bertz CT molecular complexity index is 1530. The van der Waals surface area contributed by atoms with E-state index in [4.69, 9.17) is 9.47 Å². The molecule has 0 saturated heterocycles. The summed E-state index contributed by atoms with van der Waals surface area (Å²) in [6.45, 7) is 4.71. The number of methoxy groups -OCH3 is 2. The normalized spacial score (nSPS) is 11.0. The Morgan fingerprint density at radius 1 is 0.946 bits per heavy atom. The van der Waals surface area contributed by atoms with Crippen molar-refractivity contribution in [2.45, 2.75) is 46.2 Å². The molecule has 37 heavy (non-hydrogen) atoms. The van der Waals surface area contributed by atoms with Crippen molar-refractivity contribution in [3.63, 3.8) is 0 Å². The predicted octanol–water partition coefficient (Wildman–Crippen LogP) is 3.57. The van der Waals surface area contributed by atoms with Crippen molar-refractivity contribution >= 4 is 22.8 Å². The van der Waals surface area contributed by atoms with E-state index in [-0.39, 0.29) is 23.6 Å². The number of H-pyrrole nitrogens is 1. The lowest BCUT2D eigenvalue weighted by molar-refractivity contribution is -0.115. The van der Waals surface area contributed by atoms with Gasteiger partial charge in [0, 0.05) is 24.3 Å². The second kappa shape index (κ2) is 11.2. The van der Waals surface area contributed by atoms with E-state index in [0.717, 1.165) is 17.5 Å². The number of nitrogens with one attached hydrogen (secondary N) is 2. The van der Waals surface area contributed by atoms with E-state index < -0.39 is 0 Å². The molecule has 0 aliphatic rings. The first kappa shape index (κ1) is 25.7. The maximum absolute atomic E-state index is 13.0. The van der Waals surface area contributed by atoms with Crippen molar-refractivity contribution < 1.29 is 14.3 Å². The van der Waals surface area contributed by atoms with Gasteiger partial charge < -0.3 is 19.8 Å². The summed E-state index contributed by atoms with van der Waals surface area (Å²) in [4.78, 5) is 46.1. The van der Waals surface area contributed by atoms with Gasteiger partial charge in [0.15, 0.2) is 17.1 Å². The average Bonchev–Trinajstić information content (AvgIpc) is 3.35. The third-order valence-corrected chi connectivity index (χ3v) is 6.01. The molecule has 2 aromatic heterocycles. The van der Waals surface area contributed by atoms with E-state index in [1.165, 1.54) is 4.57 Å². The molecular weight excluding hydrogens is 474 g/mol. The summed E-state index contributed by atoms with van der Waals surface area (Å²) in [5.41, 5.74) is 2.10. The molecule has 0 fully saturated rings. The van der Waals surface area contributed by atoms with Crippen LogP contribution in [0.5, 0.6) is 11.5 Å². The Labute approximate surface area is 213 Å². The molecule has 0 aliphatic carbocycles. The molecule has 0 aliphatic heterocycles. The molecule has 2 heterocycles. The van der Waals surface area contributed by atoms with E-state index >= 15 is 0 Å². The summed E-state index contributed by atoms with van der Waals surface area (Å²) in [7, 11) is 3.11. The zero-order valence-corrected chi connectivity index (χ0v) is 21.5. The number of rotatable bonds is 10. The van der Waals surface area contributed by atoms with E-state index in [1.54, 1.807) is 55.2 Å². The molecule has 1 amide bonds. The molecule has 10 heteroatoms. The maximum Gasteiger partial charge on any atom is 0.332 e. The summed E-state index contributed by atoms with van der Waals surface area (Å²) in [6, 6.07) is 12.5. The first-order valence-electron chi connectivity index (χ1n) is 12.2. The van der Waals surface area contributed by atoms with E-state index in [2.05, 4.69) is 15.3 Å². The van der Waals surface area contributed by atoms with Gasteiger partial charge in [0.25, 0.3) is 5.56 Å². The molecule has 2 N–H and O–H groups in total. The Hall–Kier alpha value is -4.34. The number of benzene rings is 2. The Morgan fingerprint density at radius 2 is 1.62 bits per heavy atom. The highest BCUT2D eigenvalue weighted by atomic mass is 16.5. The van der Waals surface area contributed by atoms with Crippen LogP contribution >= 0.6 is 0 Å². The van der Waals surface area contributed by atoms with Crippen molar-refractivity contribution in [2.24, 2.45) is 0 Å². The summed E-state index contributed by atoms with van der Waals surface area (Å²) in [5, 5.41) is 2.89. The second-order valence-electron chi connectivity index (χ2n) is 8.67. The molecule has 0 saturated carbocycles. The first-order valence-corrected chi connectivity index (χ1v) is 12.2. The van der Waals surface area contributed by atoms with Crippen LogP contribution in [-0.2, 0) is 24.3 Å². The van der Waals surface area contributed by atoms with Gasteiger partial charge >= 0.3 is 5.69 Å². The number of nitrogens with zero attached hydrogens (tertiary/aromatic N) is 3. The minimum absolute atomic E-state index is 0.171. The van der Waals surface area contributed by atoms with Gasteiger partial charge in [-0.2, -0.15) is 0 Å². The highest BCUT2D eigenvalue weighted by molar-refractivity contribution is 5.92. The number of fused-ring (bicyclic) bond motifs is 1. The Kier molecular flexibility index (Phi) is 7.76. The van der Waals surface area contributed by atoms with Crippen LogP contribution in [0.15, 0.2) is 52.1 Å². The van der Waals surface area contributed by atoms with E-state index in [0.29, 0.717) is 53.7 Å². The van der Waals surface area contributed by atoms with Gasteiger partial charge in [0.05, 0.1) is 20.6 Å². The molecule has 0 bridgehead atoms. The number of aryl methyl sites for hydroxylation is 1. The molecule has 4 rings (SSSR count). The number of amides is 1. The highest BCUT2D eigenvalue weighted by Crippen LogP contribution is 2.28. The van der Waals surface area contributed by atoms with Crippen molar-refractivity contribution in [2.75, 3.05) is 19.5 Å². The second-order valence-corrected chi connectivity index (χ2v) is 8.67. The largest absolute Gasteiger partial charge is 0.493 e. The standard InChI is InChI=1S/C27H31N5O5/c1-5-13-31-25-23(26(34)32(14-6-2)27(31)35)29-24(30-25)18-8-10-19(11-9-18)28-22(33)16-17-7-12-20(36-3)21(15-17)37-4/h7-12,15H,5-6,13-14,16H2,1-4H3,(H,28,33)(H,29,30). The summed E-state index contributed by atoms with van der Waals surface area (Å²) < 4.78 is 13.4. The van der Waals surface area contributed by atoms with Crippen LogP contribution in [0.3, 0.4) is 0 Å². The average molecular weight is 506 g/mol. The summed E-state index contributed by atoms with van der Waals surface area (Å²) in [5.74, 6) is 1.47. The molecule has 0 unspecified atom stereocenters. The topological polar surface area (TPSA) is 120 Å². The fraction of sp³-hybridized carbons (Fsp3) is 0.333. The number of hydrogen-bond acceptors (Lipinski definition) is 6. The molecule has 0 atom stereocenters. The predicted molar refractivity (Wildman–Crippen MR) is 143 cm³/mol. The SMILES string of the molecule is CCCn1c(=O)c2[nH]c(-c3ccc(NC(=O)Cc4ccc(OC)c(OC)c4)cc3)nc2n(CCC)c1=O. The first-order chi connectivity index (χ1) is 17.9. The molecule has 4 aromatic rings. The van der Waals surface area contributed by atoms with Gasteiger partial charge in [-0.3, -0.25) is 18.7 Å². The number of aromatic amines is 1. The molecule has 0 radical (unpaired) electrons. The fourth-order valence-electron chi connectivity index (χ4n) is 4.24. The van der Waals surface area contributed by atoms with Crippen LogP contribution in [0.25, 0.3) is 22.6 Å². The van der Waals surface area contributed by atoms with Crippen molar-refractivity contribution in [1.29, 1.82) is 0 Å². The van der Waals surface area contributed by atoms with Gasteiger partial charge in [0.2, 0.25) is 5.91 Å². The van der Waals surface area contributed by atoms with Crippen LogP contribution in [0.1, 0.15) is 32.3 Å². The molecule has 10 nitrogen and oxygen atoms in total. The lowest BCUT2D eigenvalue weighted by Gasteiger charge is -2.10. The Morgan fingerprint density at radius 3 is 2.27 bits per heavy atom. The summed E-state index contributed by atoms with van der Waals surface area (Å²) in [6.07, 6.45) is 1.58. The maximum atomic E-state index is 13.0. The Balaban J connectivity index is 1.56. The molecular formula is C27H31N5O5. The van der Waals surface area contributed by atoms with Crippen LogP contribution < -0.4 is 26.0 Å². The summed E-state index contributed by atoms with van der Waals surface area (Å²) >= 11 is 0. The van der Waals surface area contributed by atoms with Gasteiger partial charge in [-0.25, -0.2) is 9.78 Å². The minimum Gasteiger partial charge on any atom is -0.493 e. The van der Waals surface area contributed by atoms with E-state index in [9.17, 15) is 14.4 Å². The number of imidazole rings is 1. The van der Waals surface area contributed by atoms with Crippen molar-refractivity contribution in [3.05, 3.63) is 68.9 Å². The molecule has 194 valence electrons. The third-order valence-electron chi connectivity index (χ3n) is 6.01. The van der Waals surface area contributed by atoms with Crippen LogP contribution in [0.4, 0.5) is 5.69 Å². The number of aromatic nitrogens is 4. The number of hydrogen-bond donors (Lipinski definition) is 2. The zero-order valence-electron chi connectivity index (χ0n) is 21.5. The van der Waals surface area contributed by atoms with Crippen LogP contribution in [-0.4, -0.2) is 39.2 Å². The quantitative estimate of drug-likeness (QED) is 0.340. The number of anilines is 1. The number of carbonyl (C=O) groups is 1. The van der Waals surface area contributed by atoms with Gasteiger partial charge in [-0.15, -0.1) is 0 Å². The lowest BCUT2D eigenvalue weighted by Crippen LogP contribution is -2.40. The zero-order chi connectivity index (χ0) is 26.5. The lowest BCUT2D eigenvalue weighted by atomic mass is 10.1. The highest BCUT2D eigenvalue weighted by Gasteiger charge is 2.17. The fourth-order valence-corrected chi connectivity index (χ4v) is 4.24. The number of carbonyl (C=O) groups excluding carboxylic acids is 1. The monoisotopic (exact) mass is 505 g/mol. The van der Waals surface area contributed by atoms with Crippen molar-refractivity contribution in [3.8, 4) is 22.9 Å². The van der Waals surface area contributed by atoms with E-state index in [1.807, 2.05) is 19.9 Å². The molecule has 0 spiro atoms. The van der Waals surface area contributed by atoms with Crippen molar-refractivity contribution in [1.82, 2.24) is 19.1 Å². The molecule has 2 aromatic carbocycles. The van der Waals surface area contributed by atoms with Crippen LogP contribution in [0.2, 0.25) is 0 Å². The van der Waals surface area contributed by atoms with Gasteiger partial charge in [-0.05, 0) is 54.8 Å².